The molecule has 0 bridgehead atoms. The van der Waals surface area contributed by atoms with E-state index in [-0.39, 0.29) is 20.2 Å². The smallest absolute Gasteiger partial charge is 0.207 e. The van der Waals surface area contributed by atoms with E-state index in [1.54, 1.807) is 24.3 Å². The molecule has 0 fully saturated rings. The minimum absolute atomic E-state index is 0.0234. The molecule has 3 aromatic carbocycles. The molecule has 5 nitrogen and oxygen atoms in total. The SMILES string of the molecule is Cc1ccc(S(=O)(=O)CC(=O)c2ccccc2S(=O)(=O)c2ccc(C)cc2)cc1. The molecule has 0 N–H and O–H groups in total. The highest BCUT2D eigenvalue weighted by atomic mass is 32.2. The summed E-state index contributed by atoms with van der Waals surface area (Å²) in [5, 5.41) is 0. The van der Waals surface area contributed by atoms with E-state index in [1.807, 2.05) is 13.8 Å². The van der Waals surface area contributed by atoms with Gasteiger partial charge in [0, 0.05) is 5.56 Å². The van der Waals surface area contributed by atoms with Crippen LogP contribution in [0.15, 0.2) is 87.5 Å². The highest BCUT2D eigenvalue weighted by Gasteiger charge is 2.27. The summed E-state index contributed by atoms with van der Waals surface area (Å²) in [6.07, 6.45) is 0. The number of carbonyl (C=O) groups excluding carboxylic acids is 1. The predicted octanol–water partition coefficient (Wildman–Crippen LogP) is 3.79. The van der Waals surface area contributed by atoms with E-state index in [4.69, 9.17) is 0 Å². The molecular weight excluding hydrogens is 408 g/mol. The Morgan fingerprint density at radius 3 is 1.72 bits per heavy atom. The van der Waals surface area contributed by atoms with Crippen LogP contribution in [-0.2, 0) is 19.7 Å². The maximum absolute atomic E-state index is 13.0. The summed E-state index contributed by atoms with van der Waals surface area (Å²) in [4.78, 5) is 12.7. The van der Waals surface area contributed by atoms with Crippen molar-refractivity contribution in [3.05, 3.63) is 89.5 Å². The molecule has 0 spiro atoms. The van der Waals surface area contributed by atoms with Crippen molar-refractivity contribution in [2.24, 2.45) is 0 Å². The average molecular weight is 429 g/mol. The fourth-order valence-corrected chi connectivity index (χ4v) is 5.55. The van der Waals surface area contributed by atoms with Crippen molar-refractivity contribution in [2.75, 3.05) is 5.75 Å². The monoisotopic (exact) mass is 428 g/mol. The first kappa shape index (κ1) is 21.0. The third kappa shape index (κ3) is 4.46. The van der Waals surface area contributed by atoms with E-state index in [9.17, 15) is 21.6 Å². The Morgan fingerprint density at radius 1 is 0.690 bits per heavy atom. The summed E-state index contributed by atoms with van der Waals surface area (Å²) in [6.45, 7) is 3.66. The number of rotatable bonds is 6. The Bertz CT molecular complexity index is 1260. The van der Waals surface area contributed by atoms with E-state index in [1.165, 1.54) is 48.5 Å². The molecule has 3 aromatic rings. The molecule has 0 amide bonds. The van der Waals surface area contributed by atoms with Gasteiger partial charge in [0.2, 0.25) is 9.84 Å². The standard InChI is InChI=1S/C22H20O5S2/c1-16-7-11-18(12-8-16)28(24,25)15-21(23)20-5-3-4-6-22(20)29(26,27)19-13-9-17(2)10-14-19/h3-14H,15H2,1-2H3. The van der Waals surface area contributed by atoms with Crippen LogP contribution in [0.2, 0.25) is 0 Å². The molecule has 0 aliphatic heterocycles. The third-order valence-corrected chi connectivity index (χ3v) is 7.97. The number of hydrogen-bond donors (Lipinski definition) is 0. The number of Topliss-reactive ketones (excluding diaryl/α,β-unsaturated/α-hetero) is 1. The second kappa shape index (κ2) is 7.93. The van der Waals surface area contributed by atoms with Gasteiger partial charge in [-0.05, 0) is 44.2 Å². The molecule has 3 rings (SSSR count). The summed E-state index contributed by atoms with van der Waals surface area (Å²) >= 11 is 0. The van der Waals surface area contributed by atoms with Gasteiger partial charge in [-0.3, -0.25) is 4.79 Å². The van der Waals surface area contributed by atoms with Crippen LogP contribution in [0.4, 0.5) is 0 Å². The van der Waals surface area contributed by atoms with Crippen LogP contribution in [-0.4, -0.2) is 28.4 Å². The summed E-state index contributed by atoms with van der Waals surface area (Å²) in [5.74, 6) is -1.58. The largest absolute Gasteiger partial charge is 0.293 e. The Labute approximate surface area is 170 Å². The second-order valence-electron chi connectivity index (χ2n) is 6.81. The first-order valence-corrected chi connectivity index (χ1v) is 12.0. The van der Waals surface area contributed by atoms with E-state index < -0.39 is 31.2 Å². The summed E-state index contributed by atoms with van der Waals surface area (Å²) in [6, 6.07) is 18.1. The number of benzene rings is 3. The lowest BCUT2D eigenvalue weighted by Gasteiger charge is -2.11. The van der Waals surface area contributed by atoms with Gasteiger partial charge < -0.3 is 0 Å². The summed E-state index contributed by atoms with van der Waals surface area (Å²) in [7, 11) is -7.87. The van der Waals surface area contributed by atoms with Crippen LogP contribution < -0.4 is 0 Å². The molecule has 150 valence electrons. The van der Waals surface area contributed by atoms with Crippen LogP contribution in [0.3, 0.4) is 0 Å². The van der Waals surface area contributed by atoms with Crippen LogP contribution in [0, 0.1) is 13.8 Å². The zero-order valence-electron chi connectivity index (χ0n) is 16.0. The lowest BCUT2D eigenvalue weighted by atomic mass is 10.1. The molecule has 29 heavy (non-hydrogen) atoms. The molecule has 0 aliphatic carbocycles. The Kier molecular flexibility index (Phi) is 5.73. The maximum Gasteiger partial charge on any atom is 0.207 e. The third-order valence-electron chi connectivity index (χ3n) is 4.51. The number of sulfone groups is 2. The van der Waals surface area contributed by atoms with Crippen LogP contribution >= 0.6 is 0 Å². The van der Waals surface area contributed by atoms with Gasteiger partial charge in [-0.1, -0.05) is 53.6 Å². The highest BCUT2D eigenvalue weighted by molar-refractivity contribution is 7.92. The zero-order valence-corrected chi connectivity index (χ0v) is 17.6. The van der Waals surface area contributed by atoms with Gasteiger partial charge in [-0.2, -0.15) is 0 Å². The number of carbonyl (C=O) groups is 1. The van der Waals surface area contributed by atoms with Gasteiger partial charge in [0.1, 0.15) is 5.75 Å². The van der Waals surface area contributed by atoms with E-state index >= 15 is 0 Å². The van der Waals surface area contributed by atoms with Gasteiger partial charge in [-0.25, -0.2) is 16.8 Å². The summed E-state index contributed by atoms with van der Waals surface area (Å²) < 4.78 is 51.3. The minimum atomic E-state index is -3.97. The molecule has 0 aliphatic rings. The summed E-state index contributed by atoms with van der Waals surface area (Å²) in [5.41, 5.74) is 1.66. The molecule has 0 atom stereocenters. The Hall–Kier alpha value is -2.77. The molecule has 0 saturated carbocycles. The lowest BCUT2D eigenvalue weighted by molar-refractivity contribution is 0.101. The highest BCUT2D eigenvalue weighted by Crippen LogP contribution is 2.25. The van der Waals surface area contributed by atoms with Crippen molar-refractivity contribution in [1.82, 2.24) is 0 Å². The Balaban J connectivity index is 1.99. The first-order valence-electron chi connectivity index (χ1n) is 8.85. The van der Waals surface area contributed by atoms with Crippen molar-refractivity contribution < 1.29 is 21.6 Å². The second-order valence-corrected chi connectivity index (χ2v) is 10.7. The van der Waals surface area contributed by atoms with Gasteiger partial charge in [0.15, 0.2) is 15.6 Å². The van der Waals surface area contributed by atoms with Gasteiger partial charge >= 0.3 is 0 Å². The molecule has 0 aromatic heterocycles. The fraction of sp³-hybridized carbons (Fsp3) is 0.136. The van der Waals surface area contributed by atoms with Crippen LogP contribution in [0.25, 0.3) is 0 Å². The van der Waals surface area contributed by atoms with Crippen LogP contribution in [0.5, 0.6) is 0 Å². The normalized spacial score (nSPS) is 11.9. The molecule has 0 heterocycles. The van der Waals surface area contributed by atoms with Gasteiger partial charge in [0.05, 0.1) is 14.7 Å². The van der Waals surface area contributed by atoms with Crippen LogP contribution in [0.1, 0.15) is 21.5 Å². The molecule has 0 radical (unpaired) electrons. The fourth-order valence-electron chi connectivity index (χ4n) is 2.86. The number of aryl methyl sites for hydroxylation is 2. The molecule has 0 unspecified atom stereocenters. The van der Waals surface area contributed by atoms with Gasteiger partial charge in [-0.15, -0.1) is 0 Å². The molecule has 7 heteroatoms. The van der Waals surface area contributed by atoms with E-state index in [0.717, 1.165) is 11.1 Å². The van der Waals surface area contributed by atoms with Crippen molar-refractivity contribution in [3.63, 3.8) is 0 Å². The maximum atomic E-state index is 13.0. The quantitative estimate of drug-likeness (QED) is 0.558. The van der Waals surface area contributed by atoms with E-state index in [0.29, 0.717) is 0 Å². The molecule has 0 saturated heterocycles. The lowest BCUT2D eigenvalue weighted by Crippen LogP contribution is -2.19. The first-order chi connectivity index (χ1) is 13.6. The number of ketones is 1. The van der Waals surface area contributed by atoms with Crippen molar-refractivity contribution >= 4 is 25.5 Å². The number of hydrogen-bond acceptors (Lipinski definition) is 5. The molecular formula is C22H20O5S2. The average Bonchev–Trinajstić information content (AvgIpc) is 2.68. The van der Waals surface area contributed by atoms with Crippen molar-refractivity contribution in [2.45, 2.75) is 28.5 Å². The topological polar surface area (TPSA) is 85.3 Å². The minimum Gasteiger partial charge on any atom is -0.293 e. The van der Waals surface area contributed by atoms with E-state index in [2.05, 4.69) is 0 Å². The Morgan fingerprint density at radius 2 is 1.17 bits per heavy atom. The predicted molar refractivity (Wildman–Crippen MR) is 111 cm³/mol. The van der Waals surface area contributed by atoms with Crippen molar-refractivity contribution in [3.8, 4) is 0 Å². The van der Waals surface area contributed by atoms with Gasteiger partial charge in [0.25, 0.3) is 0 Å². The zero-order chi connectivity index (χ0) is 21.2. The van der Waals surface area contributed by atoms with Crippen molar-refractivity contribution in [1.29, 1.82) is 0 Å².